The zero-order valence-electron chi connectivity index (χ0n) is 18.0. The molecule has 1 atom stereocenters. The molecule has 1 unspecified atom stereocenters. The Labute approximate surface area is 167 Å². The summed E-state index contributed by atoms with van der Waals surface area (Å²) in [4.78, 5) is 30.8. The Morgan fingerprint density at radius 3 is 2.50 bits per heavy atom. The molecule has 0 aliphatic rings. The number of ether oxygens (including phenoxy) is 1. The summed E-state index contributed by atoms with van der Waals surface area (Å²) in [5.41, 5.74) is 0.838. The number of amides is 1. The molecule has 1 aromatic carbocycles. The molecule has 0 spiro atoms. The van der Waals surface area contributed by atoms with E-state index in [-0.39, 0.29) is 11.7 Å². The molecular formula is C22H33N3O3. The fourth-order valence-corrected chi connectivity index (χ4v) is 3.17. The Morgan fingerprint density at radius 1 is 1.21 bits per heavy atom. The van der Waals surface area contributed by atoms with Crippen LogP contribution in [0.4, 0.5) is 0 Å². The second-order valence-electron chi connectivity index (χ2n) is 8.19. The average Bonchev–Trinajstić information content (AvgIpc) is 3.02. The number of methoxy groups -OCH3 is 1. The van der Waals surface area contributed by atoms with Gasteiger partial charge >= 0.3 is 0 Å². The van der Waals surface area contributed by atoms with Crippen LogP contribution < -0.4 is 10.1 Å². The number of imidazole rings is 1. The molecule has 0 fully saturated rings. The number of hydrogen-bond acceptors (Lipinski definition) is 4. The van der Waals surface area contributed by atoms with Crippen molar-refractivity contribution in [3.8, 4) is 5.75 Å². The molecule has 6 nitrogen and oxygen atoms in total. The third-order valence-electron chi connectivity index (χ3n) is 4.79. The van der Waals surface area contributed by atoms with Crippen LogP contribution in [-0.4, -0.2) is 34.9 Å². The fourth-order valence-electron chi connectivity index (χ4n) is 3.17. The summed E-state index contributed by atoms with van der Waals surface area (Å²) in [7, 11) is 1.60. The highest BCUT2D eigenvalue weighted by Gasteiger charge is 2.33. The highest BCUT2D eigenvalue weighted by atomic mass is 16.5. The molecule has 1 N–H and O–H groups in total. The summed E-state index contributed by atoms with van der Waals surface area (Å²) in [6.45, 7) is 10.4. The number of benzene rings is 1. The van der Waals surface area contributed by atoms with Crippen molar-refractivity contribution in [2.24, 2.45) is 5.41 Å². The summed E-state index contributed by atoms with van der Waals surface area (Å²) in [5, 5.41) is 3.02. The van der Waals surface area contributed by atoms with Gasteiger partial charge in [0.2, 0.25) is 11.7 Å². The maximum absolute atomic E-state index is 13.2. The van der Waals surface area contributed by atoms with Gasteiger partial charge in [0, 0.05) is 18.0 Å². The Morgan fingerprint density at radius 2 is 1.93 bits per heavy atom. The fraction of sp³-hybridized carbons (Fsp3) is 0.591. The second-order valence-corrected chi connectivity index (χ2v) is 8.19. The van der Waals surface area contributed by atoms with Crippen LogP contribution in [0.15, 0.2) is 18.2 Å². The maximum Gasteiger partial charge on any atom is 0.243 e. The van der Waals surface area contributed by atoms with E-state index < -0.39 is 11.5 Å². The molecule has 0 bridgehead atoms. The van der Waals surface area contributed by atoms with Crippen LogP contribution in [-0.2, 0) is 4.79 Å². The molecule has 1 amide bonds. The first-order valence-electron chi connectivity index (χ1n) is 10.1. The molecule has 0 aliphatic heterocycles. The second kappa shape index (κ2) is 9.22. The summed E-state index contributed by atoms with van der Waals surface area (Å²) in [5.74, 6) is 0.857. The monoisotopic (exact) mass is 387 g/mol. The lowest BCUT2D eigenvalue weighted by Crippen LogP contribution is -2.35. The van der Waals surface area contributed by atoms with E-state index in [2.05, 4.69) is 17.2 Å². The number of ketones is 1. The minimum atomic E-state index is -0.599. The predicted octanol–water partition coefficient (Wildman–Crippen LogP) is 4.53. The molecule has 0 radical (unpaired) electrons. The van der Waals surface area contributed by atoms with Crippen molar-refractivity contribution in [3.05, 3.63) is 24.0 Å². The topological polar surface area (TPSA) is 73.2 Å². The Bertz CT molecular complexity index is 833. The quantitative estimate of drug-likeness (QED) is 0.507. The van der Waals surface area contributed by atoms with Crippen LogP contribution >= 0.6 is 0 Å². The van der Waals surface area contributed by atoms with E-state index in [9.17, 15) is 9.59 Å². The predicted molar refractivity (Wildman–Crippen MR) is 112 cm³/mol. The number of fused-ring (bicyclic) bond motifs is 1. The summed E-state index contributed by atoms with van der Waals surface area (Å²) in [6.07, 6.45) is 3.39. The van der Waals surface area contributed by atoms with Crippen molar-refractivity contribution in [1.82, 2.24) is 14.9 Å². The largest absolute Gasteiger partial charge is 0.497 e. The van der Waals surface area contributed by atoms with Gasteiger partial charge in [0.05, 0.1) is 18.1 Å². The first-order valence-corrected chi connectivity index (χ1v) is 10.1. The van der Waals surface area contributed by atoms with E-state index in [1.807, 2.05) is 50.5 Å². The number of unbranched alkanes of at least 4 members (excludes halogenated alkanes) is 1. The van der Waals surface area contributed by atoms with Gasteiger partial charge in [-0.2, -0.15) is 0 Å². The van der Waals surface area contributed by atoms with E-state index in [0.717, 1.165) is 24.8 Å². The van der Waals surface area contributed by atoms with Gasteiger partial charge in [-0.3, -0.25) is 9.59 Å². The molecule has 28 heavy (non-hydrogen) atoms. The van der Waals surface area contributed by atoms with Crippen LogP contribution in [0, 0.1) is 5.41 Å². The number of nitrogens with zero attached hydrogens (tertiary/aromatic N) is 2. The highest BCUT2D eigenvalue weighted by molar-refractivity contribution is 6.00. The number of Topliss-reactive ketones (excluding diaryl/α,β-unsaturated/α-hetero) is 1. The summed E-state index contributed by atoms with van der Waals surface area (Å²) < 4.78 is 7.18. The molecule has 0 aliphatic carbocycles. The van der Waals surface area contributed by atoms with Crippen LogP contribution in [0.25, 0.3) is 11.0 Å². The Hall–Kier alpha value is -2.37. The van der Waals surface area contributed by atoms with Gasteiger partial charge in [0.15, 0.2) is 5.82 Å². The maximum atomic E-state index is 13.2. The molecule has 2 aromatic rings. The lowest BCUT2D eigenvalue weighted by atomic mass is 9.90. The van der Waals surface area contributed by atoms with Gasteiger partial charge in [-0.1, -0.05) is 47.5 Å². The third kappa shape index (κ3) is 4.72. The molecule has 0 saturated heterocycles. The summed E-state index contributed by atoms with van der Waals surface area (Å²) >= 11 is 0. The standard InChI is InChI=1S/C22H33N3O3/c1-7-9-13-23-21(27)17(10-8-2)25-18-14-15(28-6)11-12-16(18)24-20(25)19(26)22(3,4)5/h11-12,14,17H,7-10,13H2,1-6H3,(H,23,27). The van der Waals surface area contributed by atoms with Crippen LogP contribution in [0.1, 0.15) is 77.0 Å². The van der Waals surface area contributed by atoms with Crippen LogP contribution in [0.5, 0.6) is 5.75 Å². The zero-order valence-corrected chi connectivity index (χ0v) is 18.0. The molecule has 0 saturated carbocycles. The van der Waals surface area contributed by atoms with E-state index in [1.165, 1.54) is 0 Å². The minimum Gasteiger partial charge on any atom is -0.497 e. The van der Waals surface area contributed by atoms with E-state index in [1.54, 1.807) is 7.11 Å². The summed E-state index contributed by atoms with van der Waals surface area (Å²) in [6, 6.07) is 5.02. The SMILES string of the molecule is CCCCNC(=O)C(CCC)n1c(C(=O)C(C)(C)C)nc2ccc(OC)cc21. The van der Waals surface area contributed by atoms with Crippen molar-refractivity contribution in [3.63, 3.8) is 0 Å². The third-order valence-corrected chi connectivity index (χ3v) is 4.79. The van der Waals surface area contributed by atoms with Crippen molar-refractivity contribution in [2.45, 2.75) is 66.3 Å². The van der Waals surface area contributed by atoms with Gasteiger partial charge in [-0.15, -0.1) is 0 Å². The van der Waals surface area contributed by atoms with E-state index in [4.69, 9.17) is 4.74 Å². The number of aromatic nitrogens is 2. The average molecular weight is 388 g/mol. The lowest BCUT2D eigenvalue weighted by molar-refractivity contribution is -0.124. The van der Waals surface area contributed by atoms with Gasteiger partial charge in [-0.05, 0) is 25.0 Å². The lowest BCUT2D eigenvalue weighted by Gasteiger charge is -2.23. The van der Waals surface area contributed by atoms with Crippen LogP contribution in [0.2, 0.25) is 0 Å². The van der Waals surface area contributed by atoms with Gasteiger partial charge in [-0.25, -0.2) is 4.98 Å². The number of carbonyl (C=O) groups excluding carboxylic acids is 2. The number of hydrogen-bond donors (Lipinski definition) is 1. The molecule has 2 rings (SSSR count). The van der Waals surface area contributed by atoms with Crippen molar-refractivity contribution < 1.29 is 14.3 Å². The van der Waals surface area contributed by atoms with Crippen molar-refractivity contribution >= 4 is 22.7 Å². The molecule has 6 heteroatoms. The first kappa shape index (κ1) is 21.9. The minimum absolute atomic E-state index is 0.0691. The normalized spacial score (nSPS) is 12.8. The number of rotatable bonds is 9. The van der Waals surface area contributed by atoms with Crippen molar-refractivity contribution in [2.75, 3.05) is 13.7 Å². The number of carbonyl (C=O) groups is 2. The molecule has 154 valence electrons. The highest BCUT2D eigenvalue weighted by Crippen LogP contribution is 2.31. The van der Waals surface area contributed by atoms with Gasteiger partial charge in [0.1, 0.15) is 11.8 Å². The molecule has 1 aromatic heterocycles. The first-order chi connectivity index (χ1) is 13.2. The Balaban J connectivity index is 2.64. The zero-order chi connectivity index (χ0) is 20.9. The van der Waals surface area contributed by atoms with Gasteiger partial charge < -0.3 is 14.6 Å². The smallest absolute Gasteiger partial charge is 0.243 e. The molecular weight excluding hydrogens is 354 g/mol. The van der Waals surface area contributed by atoms with Gasteiger partial charge in [0.25, 0.3) is 0 Å². The molecule has 1 heterocycles. The van der Waals surface area contributed by atoms with E-state index >= 15 is 0 Å². The Kier molecular flexibility index (Phi) is 7.22. The number of nitrogens with one attached hydrogen (secondary N) is 1. The van der Waals surface area contributed by atoms with E-state index in [0.29, 0.717) is 30.1 Å². The van der Waals surface area contributed by atoms with Crippen LogP contribution in [0.3, 0.4) is 0 Å². The van der Waals surface area contributed by atoms with Crippen molar-refractivity contribution in [1.29, 1.82) is 0 Å².